The van der Waals surface area contributed by atoms with Gasteiger partial charge in [-0.3, -0.25) is 9.67 Å². The second kappa shape index (κ2) is 5.83. The lowest BCUT2D eigenvalue weighted by Crippen LogP contribution is -2.01. The molecular formula is C15H14BrN3O2. The van der Waals surface area contributed by atoms with Gasteiger partial charge in [-0.2, -0.15) is 5.10 Å². The third-order valence-electron chi connectivity index (χ3n) is 3.26. The smallest absolute Gasteiger partial charge is 0.137 e. The molecule has 108 valence electrons. The van der Waals surface area contributed by atoms with Crippen LogP contribution >= 0.6 is 15.9 Å². The summed E-state index contributed by atoms with van der Waals surface area (Å²) < 4.78 is 8.26. The fourth-order valence-electron chi connectivity index (χ4n) is 2.29. The number of nitrogens with zero attached hydrogens (tertiary/aromatic N) is 3. The number of aromatic nitrogens is 3. The molecule has 21 heavy (non-hydrogen) atoms. The average molecular weight is 348 g/mol. The third-order valence-corrected chi connectivity index (χ3v) is 3.75. The highest BCUT2D eigenvalue weighted by Crippen LogP contribution is 2.36. The van der Waals surface area contributed by atoms with E-state index in [9.17, 15) is 0 Å². The number of methoxy groups -OCH3 is 1. The van der Waals surface area contributed by atoms with Gasteiger partial charge in [0, 0.05) is 33.4 Å². The first-order valence-electron chi connectivity index (χ1n) is 6.49. The van der Waals surface area contributed by atoms with Gasteiger partial charge in [-0.1, -0.05) is 15.9 Å². The second-order valence-corrected chi connectivity index (χ2v) is 5.50. The van der Waals surface area contributed by atoms with Crippen LogP contribution in [0.5, 0.6) is 5.75 Å². The van der Waals surface area contributed by atoms with Crippen molar-refractivity contribution in [1.82, 2.24) is 14.8 Å². The molecule has 0 spiro atoms. The summed E-state index contributed by atoms with van der Waals surface area (Å²) in [5, 5.41) is 14.1. The summed E-state index contributed by atoms with van der Waals surface area (Å²) in [4.78, 5) is 4.48. The molecule has 0 unspecified atom stereocenters. The van der Waals surface area contributed by atoms with Crippen molar-refractivity contribution in [2.45, 2.75) is 6.54 Å². The molecule has 2 aromatic heterocycles. The Bertz CT molecular complexity index is 786. The largest absolute Gasteiger partial charge is 0.495 e. The van der Waals surface area contributed by atoms with Crippen LogP contribution in [0.1, 0.15) is 0 Å². The standard InChI is InChI=1S/C15H14BrN3O2/c1-21-15-12-6-11(16)2-3-14(12)17-8-13(15)10-7-18-19(9-10)4-5-20/h2-3,6-9,20H,4-5H2,1H3. The van der Waals surface area contributed by atoms with Gasteiger partial charge in [0.15, 0.2) is 0 Å². The van der Waals surface area contributed by atoms with E-state index in [4.69, 9.17) is 9.84 Å². The van der Waals surface area contributed by atoms with Gasteiger partial charge in [0.25, 0.3) is 0 Å². The molecule has 3 rings (SSSR count). The van der Waals surface area contributed by atoms with E-state index in [1.54, 1.807) is 24.2 Å². The van der Waals surface area contributed by atoms with Gasteiger partial charge in [-0.25, -0.2) is 0 Å². The number of fused-ring (bicyclic) bond motifs is 1. The van der Waals surface area contributed by atoms with E-state index in [1.165, 1.54) is 0 Å². The minimum atomic E-state index is 0.0567. The van der Waals surface area contributed by atoms with E-state index >= 15 is 0 Å². The summed E-state index contributed by atoms with van der Waals surface area (Å²) in [6, 6.07) is 5.89. The lowest BCUT2D eigenvalue weighted by Gasteiger charge is -2.10. The Labute approximate surface area is 130 Å². The number of hydrogen-bond acceptors (Lipinski definition) is 4. The molecule has 0 saturated heterocycles. The molecule has 6 heteroatoms. The Morgan fingerprint density at radius 1 is 1.33 bits per heavy atom. The summed E-state index contributed by atoms with van der Waals surface area (Å²) in [6.45, 7) is 0.524. The molecule has 0 amide bonds. The van der Waals surface area contributed by atoms with Crippen LogP contribution in [-0.4, -0.2) is 33.6 Å². The molecular weight excluding hydrogens is 334 g/mol. The van der Waals surface area contributed by atoms with Crippen molar-refractivity contribution >= 4 is 26.8 Å². The number of hydrogen-bond donors (Lipinski definition) is 1. The fourth-order valence-corrected chi connectivity index (χ4v) is 2.65. The molecule has 0 aliphatic rings. The molecule has 0 fully saturated rings. The van der Waals surface area contributed by atoms with Crippen LogP contribution in [0, 0.1) is 0 Å². The predicted molar refractivity (Wildman–Crippen MR) is 84.3 cm³/mol. The van der Waals surface area contributed by atoms with E-state index in [-0.39, 0.29) is 6.61 Å². The summed E-state index contributed by atoms with van der Waals surface area (Å²) in [7, 11) is 1.65. The Balaban J connectivity index is 2.17. The lowest BCUT2D eigenvalue weighted by molar-refractivity contribution is 0.269. The van der Waals surface area contributed by atoms with Gasteiger partial charge in [0.2, 0.25) is 0 Å². The summed E-state index contributed by atoms with van der Waals surface area (Å²) in [5.74, 6) is 0.768. The van der Waals surface area contributed by atoms with E-state index in [0.717, 1.165) is 32.3 Å². The third kappa shape index (κ3) is 2.64. The number of pyridine rings is 1. The molecule has 0 bridgehead atoms. The normalized spacial score (nSPS) is 11.0. The Hall–Kier alpha value is -1.92. The van der Waals surface area contributed by atoms with E-state index in [1.807, 2.05) is 24.4 Å². The topological polar surface area (TPSA) is 60.2 Å². The Morgan fingerprint density at radius 3 is 2.95 bits per heavy atom. The second-order valence-electron chi connectivity index (χ2n) is 4.58. The van der Waals surface area contributed by atoms with Gasteiger partial charge in [0.05, 0.1) is 32.0 Å². The van der Waals surface area contributed by atoms with Crippen LogP contribution < -0.4 is 4.74 Å². The molecule has 0 saturated carbocycles. The van der Waals surface area contributed by atoms with Crippen molar-refractivity contribution < 1.29 is 9.84 Å². The average Bonchev–Trinajstić information content (AvgIpc) is 2.94. The van der Waals surface area contributed by atoms with Crippen molar-refractivity contribution in [2.24, 2.45) is 0 Å². The van der Waals surface area contributed by atoms with E-state index in [2.05, 4.69) is 26.0 Å². The number of rotatable bonds is 4. The summed E-state index contributed by atoms with van der Waals surface area (Å²) in [5.41, 5.74) is 2.67. The van der Waals surface area contributed by atoms with Crippen LogP contribution in [-0.2, 0) is 6.54 Å². The zero-order valence-electron chi connectivity index (χ0n) is 11.5. The first-order valence-corrected chi connectivity index (χ1v) is 7.28. The highest BCUT2D eigenvalue weighted by atomic mass is 79.9. The van der Waals surface area contributed by atoms with Gasteiger partial charge >= 0.3 is 0 Å². The van der Waals surface area contributed by atoms with Crippen LogP contribution in [0.3, 0.4) is 0 Å². The number of ether oxygens (including phenoxy) is 1. The Kier molecular flexibility index (Phi) is 3.90. The van der Waals surface area contributed by atoms with Crippen molar-refractivity contribution in [2.75, 3.05) is 13.7 Å². The summed E-state index contributed by atoms with van der Waals surface area (Å²) in [6.07, 6.45) is 5.41. The maximum absolute atomic E-state index is 8.97. The molecule has 0 atom stereocenters. The number of benzene rings is 1. The number of aliphatic hydroxyl groups excluding tert-OH is 1. The first-order chi connectivity index (χ1) is 10.2. The van der Waals surface area contributed by atoms with Gasteiger partial charge in [-0.05, 0) is 18.2 Å². The van der Waals surface area contributed by atoms with E-state index in [0.29, 0.717) is 6.54 Å². The molecule has 0 aliphatic heterocycles. The fraction of sp³-hybridized carbons (Fsp3) is 0.200. The van der Waals surface area contributed by atoms with Gasteiger partial charge < -0.3 is 9.84 Å². The number of aliphatic hydroxyl groups is 1. The van der Waals surface area contributed by atoms with Gasteiger partial charge in [-0.15, -0.1) is 0 Å². The summed E-state index contributed by atoms with van der Waals surface area (Å²) >= 11 is 3.47. The molecule has 2 heterocycles. The maximum atomic E-state index is 8.97. The minimum Gasteiger partial charge on any atom is -0.495 e. The zero-order chi connectivity index (χ0) is 14.8. The van der Waals surface area contributed by atoms with Gasteiger partial charge in [0.1, 0.15) is 5.75 Å². The highest BCUT2D eigenvalue weighted by Gasteiger charge is 2.13. The first kappa shape index (κ1) is 14.0. The minimum absolute atomic E-state index is 0.0567. The molecule has 1 aromatic carbocycles. The van der Waals surface area contributed by atoms with Crippen molar-refractivity contribution in [3.63, 3.8) is 0 Å². The van der Waals surface area contributed by atoms with Crippen LogP contribution in [0.15, 0.2) is 41.3 Å². The quantitative estimate of drug-likeness (QED) is 0.788. The molecule has 0 radical (unpaired) electrons. The molecule has 0 aliphatic carbocycles. The van der Waals surface area contributed by atoms with Crippen LogP contribution in [0.2, 0.25) is 0 Å². The maximum Gasteiger partial charge on any atom is 0.137 e. The highest BCUT2D eigenvalue weighted by molar-refractivity contribution is 9.10. The number of halogens is 1. The SMILES string of the molecule is COc1c(-c2cnn(CCO)c2)cnc2ccc(Br)cc12. The lowest BCUT2D eigenvalue weighted by atomic mass is 10.1. The molecule has 3 aromatic rings. The Morgan fingerprint density at radius 2 is 2.19 bits per heavy atom. The van der Waals surface area contributed by atoms with Crippen molar-refractivity contribution in [1.29, 1.82) is 0 Å². The molecule has 5 nitrogen and oxygen atoms in total. The van der Waals surface area contributed by atoms with Crippen molar-refractivity contribution in [3.8, 4) is 16.9 Å². The van der Waals surface area contributed by atoms with Crippen molar-refractivity contribution in [3.05, 3.63) is 41.3 Å². The van der Waals surface area contributed by atoms with E-state index < -0.39 is 0 Å². The zero-order valence-corrected chi connectivity index (χ0v) is 13.0. The predicted octanol–water partition coefficient (Wildman–Crippen LogP) is 2.86. The monoisotopic (exact) mass is 347 g/mol. The van der Waals surface area contributed by atoms with Crippen LogP contribution in [0.25, 0.3) is 22.0 Å². The van der Waals surface area contributed by atoms with Crippen LogP contribution in [0.4, 0.5) is 0 Å². The molecule has 1 N–H and O–H groups in total.